The lowest BCUT2D eigenvalue weighted by Gasteiger charge is -2.34. The van der Waals surface area contributed by atoms with E-state index in [1.165, 1.54) is 25.3 Å². The molecule has 3 rings (SSSR count). The number of rotatable bonds is 8. The smallest absolute Gasteiger partial charge is 0.421 e. The Kier molecular flexibility index (Phi) is 9.22. The summed E-state index contributed by atoms with van der Waals surface area (Å²) in [6, 6.07) is 4.58. The Morgan fingerprint density at radius 1 is 1.21 bits per heavy atom. The number of amides is 1. The van der Waals surface area contributed by atoms with Crippen molar-refractivity contribution in [3.05, 3.63) is 57.6 Å². The van der Waals surface area contributed by atoms with Gasteiger partial charge < -0.3 is 14.4 Å². The number of methoxy groups -OCH3 is 1. The first-order valence-corrected chi connectivity index (χ1v) is 12.3. The topological polar surface area (TPSA) is 117 Å². The first kappa shape index (κ1) is 28.8. The standard InChI is InChI=1S/C26H30F3N5O4/c1-15(2)34(24(35)18-7-5-16(3)6-8-18)22-10-9-19(12-20(22)25(36)37-4)38-23-21(26(27,28)29)11-17(13-31-23)14-32-33-30/h9-13,15-16,18H,5-8,14H2,1-4H3. The summed E-state index contributed by atoms with van der Waals surface area (Å²) in [6.45, 7) is 5.49. The van der Waals surface area contributed by atoms with Crippen molar-refractivity contribution < 1.29 is 32.2 Å². The number of halogens is 3. The Morgan fingerprint density at radius 2 is 1.89 bits per heavy atom. The fourth-order valence-electron chi connectivity index (χ4n) is 4.51. The van der Waals surface area contributed by atoms with Crippen molar-refractivity contribution in [3.63, 3.8) is 0 Å². The molecule has 1 saturated carbocycles. The number of hydrogen-bond acceptors (Lipinski definition) is 6. The average molecular weight is 534 g/mol. The Bertz CT molecular complexity index is 1220. The number of carbonyl (C=O) groups is 2. The van der Waals surface area contributed by atoms with Crippen LogP contribution in [0.25, 0.3) is 10.4 Å². The minimum Gasteiger partial charge on any atom is -0.465 e. The zero-order chi connectivity index (χ0) is 28.0. The number of hydrogen-bond donors (Lipinski definition) is 0. The van der Waals surface area contributed by atoms with E-state index in [0.717, 1.165) is 37.9 Å². The predicted octanol–water partition coefficient (Wildman–Crippen LogP) is 7.06. The molecule has 0 radical (unpaired) electrons. The maximum atomic E-state index is 13.7. The van der Waals surface area contributed by atoms with Gasteiger partial charge in [-0.15, -0.1) is 0 Å². The third kappa shape index (κ3) is 6.74. The van der Waals surface area contributed by atoms with E-state index in [1.54, 1.807) is 4.90 Å². The van der Waals surface area contributed by atoms with Gasteiger partial charge in [0.1, 0.15) is 11.3 Å². The quantitative estimate of drug-likeness (QED) is 0.156. The van der Waals surface area contributed by atoms with E-state index in [-0.39, 0.29) is 47.0 Å². The fourth-order valence-corrected chi connectivity index (χ4v) is 4.51. The number of pyridine rings is 1. The highest BCUT2D eigenvalue weighted by Crippen LogP contribution is 2.39. The van der Waals surface area contributed by atoms with Crippen molar-refractivity contribution in [2.45, 2.75) is 65.2 Å². The van der Waals surface area contributed by atoms with Crippen molar-refractivity contribution in [3.8, 4) is 11.6 Å². The molecule has 12 heteroatoms. The summed E-state index contributed by atoms with van der Waals surface area (Å²) < 4.78 is 51.6. The molecule has 1 aromatic carbocycles. The molecule has 0 atom stereocenters. The second kappa shape index (κ2) is 12.2. The summed E-state index contributed by atoms with van der Waals surface area (Å²) in [5.74, 6) is -1.34. The Morgan fingerprint density at radius 3 is 2.47 bits per heavy atom. The van der Waals surface area contributed by atoms with Crippen LogP contribution in [0.2, 0.25) is 0 Å². The van der Waals surface area contributed by atoms with Gasteiger partial charge in [-0.1, -0.05) is 12.0 Å². The van der Waals surface area contributed by atoms with E-state index in [1.807, 2.05) is 13.8 Å². The molecule has 38 heavy (non-hydrogen) atoms. The van der Waals surface area contributed by atoms with Gasteiger partial charge in [-0.05, 0) is 80.8 Å². The molecule has 1 aliphatic carbocycles. The number of esters is 1. The molecule has 1 amide bonds. The third-order valence-electron chi connectivity index (χ3n) is 6.50. The first-order valence-electron chi connectivity index (χ1n) is 12.3. The van der Waals surface area contributed by atoms with Crippen LogP contribution in [0, 0.1) is 11.8 Å². The molecule has 0 unspecified atom stereocenters. The number of anilines is 1. The number of nitrogens with zero attached hydrogens (tertiary/aromatic N) is 5. The highest BCUT2D eigenvalue weighted by atomic mass is 19.4. The van der Waals surface area contributed by atoms with Crippen LogP contribution in [0.1, 0.15) is 67.9 Å². The zero-order valence-electron chi connectivity index (χ0n) is 21.7. The van der Waals surface area contributed by atoms with Gasteiger partial charge in [0.25, 0.3) is 0 Å². The lowest BCUT2D eigenvalue weighted by Crippen LogP contribution is -2.43. The molecule has 0 N–H and O–H groups in total. The molecule has 1 aromatic heterocycles. The lowest BCUT2D eigenvalue weighted by molar-refractivity contribution is -0.139. The SMILES string of the molecule is COC(=O)c1cc(Oc2ncc(CN=[N+]=[N-])cc2C(F)(F)F)ccc1N(C(=O)C1CCC(C)CC1)C(C)C. The molecular weight excluding hydrogens is 503 g/mol. The van der Waals surface area contributed by atoms with Crippen LogP contribution in [0.15, 0.2) is 35.6 Å². The second-order valence-corrected chi connectivity index (χ2v) is 9.61. The third-order valence-corrected chi connectivity index (χ3v) is 6.50. The number of alkyl halides is 3. The molecule has 0 bridgehead atoms. The summed E-state index contributed by atoms with van der Waals surface area (Å²) in [5.41, 5.74) is 7.59. The maximum absolute atomic E-state index is 13.7. The van der Waals surface area contributed by atoms with Gasteiger partial charge >= 0.3 is 12.1 Å². The Labute approximate surface area is 218 Å². The van der Waals surface area contributed by atoms with Crippen LogP contribution in [0.5, 0.6) is 11.6 Å². The van der Waals surface area contributed by atoms with Gasteiger partial charge in [0.05, 0.1) is 24.9 Å². The average Bonchev–Trinajstić information content (AvgIpc) is 2.88. The maximum Gasteiger partial charge on any atom is 0.421 e. The van der Waals surface area contributed by atoms with E-state index in [9.17, 15) is 22.8 Å². The van der Waals surface area contributed by atoms with Gasteiger partial charge in [-0.2, -0.15) is 13.2 Å². The van der Waals surface area contributed by atoms with Gasteiger partial charge in [0.2, 0.25) is 11.8 Å². The molecule has 1 aliphatic rings. The zero-order valence-corrected chi connectivity index (χ0v) is 21.7. The molecule has 1 fully saturated rings. The fraction of sp³-hybridized carbons (Fsp3) is 0.500. The molecule has 0 saturated heterocycles. The van der Waals surface area contributed by atoms with E-state index < -0.39 is 23.6 Å². The summed E-state index contributed by atoms with van der Waals surface area (Å²) in [5, 5.41) is 3.26. The summed E-state index contributed by atoms with van der Waals surface area (Å²) >= 11 is 0. The van der Waals surface area contributed by atoms with E-state index >= 15 is 0 Å². The largest absolute Gasteiger partial charge is 0.465 e. The first-order chi connectivity index (χ1) is 18.0. The molecule has 2 aromatic rings. The highest BCUT2D eigenvalue weighted by Gasteiger charge is 2.36. The summed E-state index contributed by atoms with van der Waals surface area (Å²) in [4.78, 5) is 34.1. The highest BCUT2D eigenvalue weighted by molar-refractivity contribution is 6.04. The van der Waals surface area contributed by atoms with Gasteiger partial charge in [-0.3, -0.25) is 4.79 Å². The minimum absolute atomic E-state index is 0.0234. The van der Waals surface area contributed by atoms with Gasteiger partial charge in [0.15, 0.2) is 0 Å². The number of azide groups is 1. The lowest BCUT2D eigenvalue weighted by atomic mass is 9.82. The van der Waals surface area contributed by atoms with Crippen LogP contribution in [-0.4, -0.2) is 30.0 Å². The molecule has 204 valence electrons. The van der Waals surface area contributed by atoms with Crippen LogP contribution < -0.4 is 9.64 Å². The summed E-state index contributed by atoms with van der Waals surface area (Å²) in [6.07, 6.45) is -0.319. The molecule has 1 heterocycles. The minimum atomic E-state index is -4.81. The van der Waals surface area contributed by atoms with E-state index in [4.69, 9.17) is 15.0 Å². The Hall–Kier alpha value is -3.79. The van der Waals surface area contributed by atoms with Crippen molar-refractivity contribution in [1.82, 2.24) is 4.98 Å². The Balaban J connectivity index is 2.00. The van der Waals surface area contributed by atoms with Gasteiger partial charge in [-0.25, -0.2) is 9.78 Å². The van der Waals surface area contributed by atoms with Crippen molar-refractivity contribution >= 4 is 17.6 Å². The number of carbonyl (C=O) groups excluding carboxylic acids is 2. The van der Waals surface area contributed by atoms with Crippen LogP contribution >= 0.6 is 0 Å². The van der Waals surface area contributed by atoms with Crippen molar-refractivity contribution in [2.75, 3.05) is 12.0 Å². The van der Waals surface area contributed by atoms with Crippen molar-refractivity contribution in [1.29, 1.82) is 0 Å². The van der Waals surface area contributed by atoms with E-state index in [2.05, 4.69) is 21.9 Å². The summed E-state index contributed by atoms with van der Waals surface area (Å²) in [7, 11) is 1.18. The monoisotopic (exact) mass is 533 g/mol. The van der Waals surface area contributed by atoms with Gasteiger partial charge in [0, 0.05) is 23.1 Å². The van der Waals surface area contributed by atoms with Crippen LogP contribution in [0.4, 0.5) is 18.9 Å². The van der Waals surface area contributed by atoms with E-state index in [0.29, 0.717) is 5.92 Å². The number of aromatic nitrogens is 1. The number of ether oxygens (including phenoxy) is 2. The van der Waals surface area contributed by atoms with Crippen LogP contribution in [-0.2, 0) is 22.3 Å². The molecular formula is C26H30F3N5O4. The molecule has 0 spiro atoms. The normalized spacial score (nSPS) is 17.5. The van der Waals surface area contributed by atoms with Crippen molar-refractivity contribution in [2.24, 2.45) is 17.0 Å². The predicted molar refractivity (Wildman–Crippen MR) is 134 cm³/mol. The number of benzene rings is 1. The van der Waals surface area contributed by atoms with Crippen LogP contribution in [0.3, 0.4) is 0 Å². The molecule has 0 aliphatic heterocycles. The molecule has 9 nitrogen and oxygen atoms in total. The second-order valence-electron chi connectivity index (χ2n) is 9.61.